The molecule has 0 aliphatic rings. The zero-order valence-electron chi connectivity index (χ0n) is 13.1. The maximum atomic E-state index is 5.95. The molecule has 0 radical (unpaired) electrons. The number of anilines is 1. The fraction of sp³-hybridized carbons (Fsp3) is 0.529. The van der Waals surface area contributed by atoms with Crippen molar-refractivity contribution in [3.05, 3.63) is 30.9 Å². The molecule has 0 bridgehead atoms. The van der Waals surface area contributed by atoms with E-state index in [2.05, 4.69) is 28.4 Å². The number of nitrogens with zero attached hydrogens (tertiary/aromatic N) is 3. The molecular formula is C17H26N4. The fourth-order valence-electron chi connectivity index (χ4n) is 2.55. The summed E-state index contributed by atoms with van der Waals surface area (Å²) >= 11 is 0. The topological polar surface area (TPSA) is 56.7 Å². The number of nitrogens with two attached hydrogens (primary N) is 1. The van der Waals surface area contributed by atoms with E-state index in [1.54, 1.807) is 6.20 Å². The van der Waals surface area contributed by atoms with Crippen LogP contribution in [0.25, 0.3) is 11.3 Å². The van der Waals surface area contributed by atoms with Crippen molar-refractivity contribution in [2.24, 2.45) is 5.92 Å². The summed E-state index contributed by atoms with van der Waals surface area (Å²) < 4.78 is 2.18. The summed E-state index contributed by atoms with van der Waals surface area (Å²) in [5, 5.41) is 0. The van der Waals surface area contributed by atoms with E-state index in [-0.39, 0.29) is 0 Å². The number of aromatic nitrogens is 3. The summed E-state index contributed by atoms with van der Waals surface area (Å²) in [6, 6.07) is 3.91. The summed E-state index contributed by atoms with van der Waals surface area (Å²) in [5.74, 6) is 1.38. The molecule has 0 saturated carbocycles. The lowest BCUT2D eigenvalue weighted by Crippen LogP contribution is -2.01. The third-order valence-electron chi connectivity index (χ3n) is 3.76. The van der Waals surface area contributed by atoms with Crippen molar-refractivity contribution >= 4 is 5.82 Å². The van der Waals surface area contributed by atoms with Gasteiger partial charge in [-0.3, -0.25) is 0 Å². The average Bonchev–Trinajstić information content (AvgIpc) is 2.91. The Morgan fingerprint density at radius 2 is 2.00 bits per heavy atom. The van der Waals surface area contributed by atoms with Crippen LogP contribution in [0.4, 0.5) is 5.82 Å². The van der Waals surface area contributed by atoms with Crippen LogP contribution in [0.3, 0.4) is 0 Å². The first-order valence-corrected chi connectivity index (χ1v) is 7.89. The maximum absolute atomic E-state index is 5.95. The normalized spacial score (nSPS) is 11.2. The second-order valence-corrected chi connectivity index (χ2v) is 6.01. The molecule has 2 N–H and O–H groups in total. The molecule has 2 aromatic heterocycles. The number of pyridine rings is 1. The Labute approximate surface area is 127 Å². The molecule has 114 valence electrons. The van der Waals surface area contributed by atoms with Crippen LogP contribution in [0.2, 0.25) is 0 Å². The highest BCUT2D eigenvalue weighted by atomic mass is 15.0. The van der Waals surface area contributed by atoms with E-state index in [0.29, 0.717) is 5.82 Å². The van der Waals surface area contributed by atoms with Gasteiger partial charge in [-0.25, -0.2) is 9.97 Å². The van der Waals surface area contributed by atoms with Gasteiger partial charge in [0.05, 0.1) is 18.2 Å². The van der Waals surface area contributed by atoms with Crippen LogP contribution < -0.4 is 5.73 Å². The van der Waals surface area contributed by atoms with E-state index in [0.717, 1.165) is 23.7 Å². The van der Waals surface area contributed by atoms with Crippen LogP contribution in [0, 0.1) is 5.92 Å². The molecule has 2 rings (SSSR count). The van der Waals surface area contributed by atoms with Gasteiger partial charge in [-0.1, -0.05) is 39.5 Å². The van der Waals surface area contributed by atoms with E-state index in [1.165, 1.54) is 32.1 Å². The number of hydrogen-bond acceptors (Lipinski definition) is 3. The fourth-order valence-corrected chi connectivity index (χ4v) is 2.55. The molecule has 0 atom stereocenters. The van der Waals surface area contributed by atoms with Gasteiger partial charge in [-0.15, -0.1) is 0 Å². The van der Waals surface area contributed by atoms with Gasteiger partial charge in [0.25, 0.3) is 0 Å². The number of unbranched alkanes of at least 4 members (excludes halogenated alkanes) is 3. The molecule has 4 nitrogen and oxygen atoms in total. The van der Waals surface area contributed by atoms with Gasteiger partial charge in [0, 0.05) is 18.3 Å². The number of rotatable bonds is 8. The second kappa shape index (κ2) is 7.81. The van der Waals surface area contributed by atoms with Crippen molar-refractivity contribution in [1.29, 1.82) is 0 Å². The van der Waals surface area contributed by atoms with Gasteiger partial charge in [-0.05, 0) is 24.5 Å². The van der Waals surface area contributed by atoms with Gasteiger partial charge in [0.1, 0.15) is 5.82 Å². The Morgan fingerprint density at radius 1 is 1.19 bits per heavy atom. The van der Waals surface area contributed by atoms with Crippen molar-refractivity contribution < 1.29 is 0 Å². The minimum atomic E-state index is 0.566. The van der Waals surface area contributed by atoms with Crippen molar-refractivity contribution in [3.63, 3.8) is 0 Å². The lowest BCUT2D eigenvalue weighted by molar-refractivity contribution is 0.506. The molecule has 0 spiro atoms. The molecule has 0 aromatic carbocycles. The molecule has 0 unspecified atom stereocenters. The Kier molecular flexibility index (Phi) is 5.78. The van der Waals surface area contributed by atoms with E-state index >= 15 is 0 Å². The van der Waals surface area contributed by atoms with Crippen LogP contribution in [0.5, 0.6) is 0 Å². The third-order valence-corrected chi connectivity index (χ3v) is 3.76. The smallest absolute Gasteiger partial charge is 0.132 e. The van der Waals surface area contributed by atoms with Crippen molar-refractivity contribution in [1.82, 2.24) is 14.5 Å². The first-order chi connectivity index (χ1) is 10.2. The highest BCUT2D eigenvalue weighted by Crippen LogP contribution is 2.23. The van der Waals surface area contributed by atoms with Crippen molar-refractivity contribution in [2.45, 2.75) is 52.5 Å². The zero-order chi connectivity index (χ0) is 15.1. The highest BCUT2D eigenvalue weighted by Gasteiger charge is 2.08. The van der Waals surface area contributed by atoms with Crippen LogP contribution in [-0.2, 0) is 6.54 Å². The largest absolute Gasteiger partial charge is 0.383 e. The minimum Gasteiger partial charge on any atom is -0.383 e. The summed E-state index contributed by atoms with van der Waals surface area (Å²) in [6.45, 7) is 5.57. The number of aryl methyl sites for hydroxylation is 1. The standard InChI is InChI=1S/C17H26N4/c1-14(2)8-5-3-4-6-11-21-13-19-12-16(21)15-9-7-10-20-17(15)18/h7,9-10,12-14H,3-6,8,11H2,1-2H3,(H2,18,20). The molecule has 0 fully saturated rings. The summed E-state index contributed by atoms with van der Waals surface area (Å²) in [6.07, 6.45) is 11.9. The number of imidazole rings is 1. The molecule has 0 amide bonds. The SMILES string of the molecule is CC(C)CCCCCCn1cncc1-c1cccnc1N. The molecule has 2 heterocycles. The average molecular weight is 286 g/mol. The lowest BCUT2D eigenvalue weighted by Gasteiger charge is -2.10. The molecular weight excluding hydrogens is 260 g/mol. The Hall–Kier alpha value is -1.84. The first-order valence-electron chi connectivity index (χ1n) is 7.89. The highest BCUT2D eigenvalue weighted by molar-refractivity contribution is 5.70. The van der Waals surface area contributed by atoms with Crippen molar-refractivity contribution in [3.8, 4) is 11.3 Å². The van der Waals surface area contributed by atoms with Gasteiger partial charge in [0.15, 0.2) is 0 Å². The Bertz CT molecular complexity index is 545. The maximum Gasteiger partial charge on any atom is 0.132 e. The first kappa shape index (κ1) is 15.5. The summed E-state index contributed by atoms with van der Waals surface area (Å²) in [4.78, 5) is 8.41. The Morgan fingerprint density at radius 3 is 2.76 bits per heavy atom. The zero-order valence-corrected chi connectivity index (χ0v) is 13.1. The monoisotopic (exact) mass is 286 g/mol. The quantitative estimate of drug-likeness (QED) is 0.742. The number of hydrogen-bond donors (Lipinski definition) is 1. The van der Waals surface area contributed by atoms with E-state index in [9.17, 15) is 0 Å². The molecule has 4 heteroatoms. The van der Waals surface area contributed by atoms with Gasteiger partial charge in [0.2, 0.25) is 0 Å². The Balaban J connectivity index is 1.86. The summed E-state index contributed by atoms with van der Waals surface area (Å²) in [7, 11) is 0. The predicted molar refractivity (Wildman–Crippen MR) is 87.8 cm³/mol. The molecule has 0 aliphatic heterocycles. The van der Waals surface area contributed by atoms with E-state index in [4.69, 9.17) is 5.73 Å². The van der Waals surface area contributed by atoms with Gasteiger partial charge in [-0.2, -0.15) is 0 Å². The molecule has 21 heavy (non-hydrogen) atoms. The van der Waals surface area contributed by atoms with Gasteiger partial charge < -0.3 is 10.3 Å². The molecule has 0 aliphatic carbocycles. The summed E-state index contributed by atoms with van der Waals surface area (Å²) in [5.41, 5.74) is 7.98. The van der Waals surface area contributed by atoms with Crippen LogP contribution >= 0.6 is 0 Å². The third kappa shape index (κ3) is 4.59. The molecule has 0 saturated heterocycles. The molecule has 2 aromatic rings. The minimum absolute atomic E-state index is 0.566. The van der Waals surface area contributed by atoms with Gasteiger partial charge >= 0.3 is 0 Å². The number of nitrogen functional groups attached to an aromatic ring is 1. The van der Waals surface area contributed by atoms with Crippen LogP contribution in [-0.4, -0.2) is 14.5 Å². The van der Waals surface area contributed by atoms with Crippen LogP contribution in [0.15, 0.2) is 30.9 Å². The predicted octanol–water partition coefficient (Wildman–Crippen LogP) is 4.13. The van der Waals surface area contributed by atoms with E-state index < -0.39 is 0 Å². The van der Waals surface area contributed by atoms with E-state index in [1.807, 2.05) is 24.7 Å². The lowest BCUT2D eigenvalue weighted by atomic mass is 10.0. The second-order valence-electron chi connectivity index (χ2n) is 6.01. The van der Waals surface area contributed by atoms with Crippen molar-refractivity contribution in [2.75, 3.05) is 5.73 Å². The van der Waals surface area contributed by atoms with Crippen LogP contribution in [0.1, 0.15) is 46.0 Å².